The van der Waals surface area contributed by atoms with E-state index in [1.807, 2.05) is 36.4 Å². The van der Waals surface area contributed by atoms with E-state index >= 15 is 0 Å². The lowest BCUT2D eigenvalue weighted by Gasteiger charge is -2.12. The van der Waals surface area contributed by atoms with Crippen LogP contribution in [0.3, 0.4) is 0 Å². The minimum atomic E-state index is 0.373. The molecule has 3 rings (SSSR count). The third-order valence-electron chi connectivity index (χ3n) is 3.59. The van der Waals surface area contributed by atoms with E-state index in [2.05, 4.69) is 15.2 Å². The third-order valence-corrected chi connectivity index (χ3v) is 3.84. The molecule has 0 fully saturated rings. The first kappa shape index (κ1) is 17.0. The summed E-state index contributed by atoms with van der Waals surface area (Å²) in [6.45, 7) is 0.373. The molecule has 0 atom stereocenters. The van der Waals surface area contributed by atoms with Gasteiger partial charge < -0.3 is 9.57 Å². The number of ether oxygens (including phenoxy) is 1. The van der Waals surface area contributed by atoms with Crippen molar-refractivity contribution in [1.82, 2.24) is 14.8 Å². The van der Waals surface area contributed by atoms with Gasteiger partial charge in [-0.3, -0.25) is 0 Å². The molecule has 7 heteroatoms. The fourth-order valence-corrected chi connectivity index (χ4v) is 2.51. The van der Waals surface area contributed by atoms with Crippen molar-refractivity contribution in [3.05, 3.63) is 76.8 Å². The summed E-state index contributed by atoms with van der Waals surface area (Å²) in [6.07, 6.45) is 1.48. The highest BCUT2D eigenvalue weighted by Crippen LogP contribution is 2.20. The summed E-state index contributed by atoms with van der Waals surface area (Å²) in [4.78, 5) is 9.29. The Morgan fingerprint density at radius 3 is 2.60 bits per heavy atom. The Balaban J connectivity index is 1.90. The maximum Gasteiger partial charge on any atom is 0.180 e. The van der Waals surface area contributed by atoms with Crippen LogP contribution in [-0.4, -0.2) is 27.6 Å². The van der Waals surface area contributed by atoms with Crippen LogP contribution >= 0.6 is 11.6 Å². The zero-order valence-electron chi connectivity index (χ0n) is 13.9. The van der Waals surface area contributed by atoms with E-state index in [1.54, 1.807) is 23.9 Å². The second-order valence-electron chi connectivity index (χ2n) is 5.23. The summed E-state index contributed by atoms with van der Waals surface area (Å²) in [5, 5.41) is 8.92. The molecule has 0 bridgehead atoms. The molecule has 25 heavy (non-hydrogen) atoms. The average molecular weight is 357 g/mol. The first-order chi connectivity index (χ1) is 12.2. The molecule has 0 radical (unpaired) electrons. The maximum absolute atomic E-state index is 5.90. The smallest absolute Gasteiger partial charge is 0.180 e. The minimum Gasteiger partial charge on any atom is -0.489 e. The van der Waals surface area contributed by atoms with Crippen molar-refractivity contribution < 1.29 is 9.57 Å². The zero-order valence-corrected chi connectivity index (χ0v) is 14.6. The molecule has 3 aromatic rings. The lowest BCUT2D eigenvalue weighted by molar-refractivity contribution is 0.213. The second kappa shape index (κ2) is 7.81. The monoisotopic (exact) mass is 356 g/mol. The Bertz CT molecular complexity index is 875. The van der Waals surface area contributed by atoms with E-state index in [-0.39, 0.29) is 0 Å². The van der Waals surface area contributed by atoms with Gasteiger partial charge in [-0.15, -0.1) is 0 Å². The van der Waals surface area contributed by atoms with Gasteiger partial charge in [-0.05, 0) is 29.8 Å². The van der Waals surface area contributed by atoms with Crippen molar-refractivity contribution in [3.8, 4) is 5.75 Å². The predicted molar refractivity (Wildman–Crippen MR) is 95.9 cm³/mol. The van der Waals surface area contributed by atoms with Gasteiger partial charge in [0.25, 0.3) is 0 Å². The van der Waals surface area contributed by atoms with Crippen molar-refractivity contribution in [1.29, 1.82) is 0 Å². The van der Waals surface area contributed by atoms with E-state index in [4.69, 9.17) is 21.2 Å². The zero-order chi connectivity index (χ0) is 17.6. The number of oxime groups is 1. The van der Waals surface area contributed by atoms with E-state index in [0.717, 1.165) is 16.9 Å². The molecule has 0 N–H and O–H groups in total. The molecule has 0 unspecified atom stereocenters. The third kappa shape index (κ3) is 3.97. The number of aryl methyl sites for hydroxylation is 1. The molecule has 0 aliphatic rings. The van der Waals surface area contributed by atoms with Crippen molar-refractivity contribution >= 4 is 17.3 Å². The van der Waals surface area contributed by atoms with Gasteiger partial charge in [-0.2, -0.15) is 5.10 Å². The molecule has 0 amide bonds. The highest BCUT2D eigenvalue weighted by molar-refractivity contribution is 6.30. The van der Waals surface area contributed by atoms with Crippen LogP contribution in [0.1, 0.15) is 17.0 Å². The fraction of sp³-hybridized carbons (Fsp3) is 0.167. The fourth-order valence-electron chi connectivity index (χ4n) is 2.38. The normalized spacial score (nSPS) is 11.4. The summed E-state index contributed by atoms with van der Waals surface area (Å²) in [7, 11) is 3.31. The first-order valence-corrected chi connectivity index (χ1v) is 7.99. The summed E-state index contributed by atoms with van der Waals surface area (Å²) in [5.41, 5.74) is 2.42. The summed E-state index contributed by atoms with van der Waals surface area (Å²) in [6, 6.07) is 15.1. The number of aromatic nitrogens is 3. The van der Waals surface area contributed by atoms with Crippen LogP contribution in [0.2, 0.25) is 5.02 Å². The topological polar surface area (TPSA) is 61.5 Å². The van der Waals surface area contributed by atoms with Crippen LogP contribution in [0, 0.1) is 0 Å². The van der Waals surface area contributed by atoms with Gasteiger partial charge in [0.15, 0.2) is 11.5 Å². The molecule has 0 aliphatic carbocycles. The highest BCUT2D eigenvalue weighted by atomic mass is 35.5. The second-order valence-corrected chi connectivity index (χ2v) is 5.67. The molecule has 0 saturated carbocycles. The molecule has 6 nitrogen and oxygen atoms in total. The molecule has 0 aliphatic heterocycles. The van der Waals surface area contributed by atoms with Gasteiger partial charge in [-0.1, -0.05) is 41.0 Å². The molecule has 0 saturated heterocycles. The Labute approximate surface area is 150 Å². The van der Waals surface area contributed by atoms with Crippen LogP contribution in [0.25, 0.3) is 0 Å². The summed E-state index contributed by atoms with van der Waals surface area (Å²) < 4.78 is 7.51. The van der Waals surface area contributed by atoms with Crippen molar-refractivity contribution in [2.45, 2.75) is 6.61 Å². The molecule has 0 spiro atoms. The summed E-state index contributed by atoms with van der Waals surface area (Å²) >= 11 is 5.90. The van der Waals surface area contributed by atoms with Crippen molar-refractivity contribution in [2.24, 2.45) is 12.2 Å². The van der Waals surface area contributed by atoms with Crippen molar-refractivity contribution in [3.63, 3.8) is 0 Å². The quantitative estimate of drug-likeness (QED) is 0.501. The van der Waals surface area contributed by atoms with Gasteiger partial charge in [-0.25, -0.2) is 9.67 Å². The lowest BCUT2D eigenvalue weighted by Crippen LogP contribution is -2.14. The maximum atomic E-state index is 5.90. The number of nitrogens with zero attached hydrogens (tertiary/aromatic N) is 4. The number of rotatable bonds is 6. The van der Waals surface area contributed by atoms with E-state index in [0.29, 0.717) is 23.2 Å². The Morgan fingerprint density at radius 2 is 1.92 bits per heavy atom. The van der Waals surface area contributed by atoms with Gasteiger partial charge >= 0.3 is 0 Å². The predicted octanol–water partition coefficient (Wildman–Crippen LogP) is 3.45. The Morgan fingerprint density at radius 1 is 1.16 bits per heavy atom. The SMILES string of the molecule is CON=C(c1ccccc1COc1ccc(Cl)cc1)c1ncnn1C. The van der Waals surface area contributed by atoms with Crippen LogP contribution in [0.15, 0.2) is 60.0 Å². The molecular weight excluding hydrogens is 340 g/mol. The van der Waals surface area contributed by atoms with Gasteiger partial charge in [0.1, 0.15) is 25.8 Å². The highest BCUT2D eigenvalue weighted by Gasteiger charge is 2.17. The minimum absolute atomic E-state index is 0.373. The Hall–Kier alpha value is -2.86. The summed E-state index contributed by atoms with van der Waals surface area (Å²) in [5.74, 6) is 1.35. The molecule has 128 valence electrons. The van der Waals surface area contributed by atoms with Crippen LogP contribution in [0.4, 0.5) is 0 Å². The number of benzene rings is 2. The van der Waals surface area contributed by atoms with E-state index in [9.17, 15) is 0 Å². The molecule has 1 heterocycles. The Kier molecular flexibility index (Phi) is 5.30. The average Bonchev–Trinajstić information content (AvgIpc) is 3.05. The number of halogens is 1. The molecule has 1 aromatic heterocycles. The van der Waals surface area contributed by atoms with E-state index in [1.165, 1.54) is 13.4 Å². The van der Waals surface area contributed by atoms with E-state index < -0.39 is 0 Å². The van der Waals surface area contributed by atoms with Gasteiger partial charge in [0.2, 0.25) is 0 Å². The lowest BCUT2D eigenvalue weighted by atomic mass is 10.0. The van der Waals surface area contributed by atoms with Crippen LogP contribution < -0.4 is 4.74 Å². The standard InChI is InChI=1S/C18H17ClN4O2/c1-23-18(20-12-21-23)17(22-24-2)16-6-4-3-5-13(16)11-25-15-9-7-14(19)8-10-15/h3-10,12H,11H2,1-2H3. The largest absolute Gasteiger partial charge is 0.489 e. The van der Waals surface area contributed by atoms with Gasteiger partial charge in [0.05, 0.1) is 0 Å². The van der Waals surface area contributed by atoms with Gasteiger partial charge in [0, 0.05) is 17.6 Å². The van der Waals surface area contributed by atoms with Crippen molar-refractivity contribution in [2.75, 3.05) is 7.11 Å². The number of hydrogen-bond acceptors (Lipinski definition) is 5. The van der Waals surface area contributed by atoms with Crippen LogP contribution in [-0.2, 0) is 18.5 Å². The first-order valence-electron chi connectivity index (χ1n) is 7.61. The van der Waals surface area contributed by atoms with Crippen LogP contribution in [0.5, 0.6) is 5.75 Å². The number of hydrogen-bond donors (Lipinski definition) is 0. The molecular formula is C18H17ClN4O2. The molecule has 2 aromatic carbocycles.